The molecular formula is C14H20ClN3O2S. The van der Waals surface area contributed by atoms with Gasteiger partial charge in [0.1, 0.15) is 10.7 Å². The van der Waals surface area contributed by atoms with E-state index in [0.717, 1.165) is 32.1 Å². The number of nitrogens with two attached hydrogens (primary N) is 1. The number of hydrogen-bond donors (Lipinski definition) is 1. The maximum atomic E-state index is 12.9. The van der Waals surface area contributed by atoms with E-state index in [0.29, 0.717) is 12.5 Å². The summed E-state index contributed by atoms with van der Waals surface area (Å²) in [6.07, 6.45) is 7.78. The van der Waals surface area contributed by atoms with Crippen molar-refractivity contribution >= 4 is 27.4 Å². The van der Waals surface area contributed by atoms with Gasteiger partial charge in [-0.05, 0) is 37.7 Å². The zero-order valence-electron chi connectivity index (χ0n) is 11.8. The van der Waals surface area contributed by atoms with Crippen molar-refractivity contribution in [3.05, 3.63) is 17.3 Å². The molecule has 1 aromatic rings. The van der Waals surface area contributed by atoms with Gasteiger partial charge in [0.25, 0.3) is 0 Å². The summed E-state index contributed by atoms with van der Waals surface area (Å²) in [5, 5.41) is 0.188. The van der Waals surface area contributed by atoms with Crippen molar-refractivity contribution in [1.29, 1.82) is 0 Å². The lowest BCUT2D eigenvalue weighted by atomic mass is 9.79. The number of hydrogen-bond acceptors (Lipinski definition) is 4. The number of halogens is 1. The van der Waals surface area contributed by atoms with Crippen LogP contribution in [0.15, 0.2) is 17.2 Å². The molecule has 7 heteroatoms. The number of aromatic nitrogens is 1. The van der Waals surface area contributed by atoms with Crippen molar-refractivity contribution in [3.8, 4) is 0 Å². The molecular weight excluding hydrogens is 310 g/mol. The smallest absolute Gasteiger partial charge is 0.244 e. The van der Waals surface area contributed by atoms with Gasteiger partial charge in [-0.1, -0.05) is 24.4 Å². The highest BCUT2D eigenvalue weighted by Crippen LogP contribution is 2.38. The standard InChI is InChI=1S/C14H20ClN3O2S/c15-12-8-11(9-17-14(12)16)21(19,20)18-7-3-5-10-4-1-2-6-13(10)18/h8-10,13H,1-7H2,(H2,16,17)/t10-,13-/m1/s1. The third-order valence-corrected chi connectivity index (χ3v) is 6.84. The van der Waals surface area contributed by atoms with Gasteiger partial charge in [-0.3, -0.25) is 0 Å². The van der Waals surface area contributed by atoms with Crippen molar-refractivity contribution in [2.75, 3.05) is 12.3 Å². The predicted octanol–water partition coefficient (Wildman–Crippen LogP) is 2.66. The fourth-order valence-corrected chi connectivity index (χ4v) is 5.54. The summed E-state index contributed by atoms with van der Waals surface area (Å²) in [5.74, 6) is 0.657. The maximum absolute atomic E-state index is 12.9. The van der Waals surface area contributed by atoms with Gasteiger partial charge in [-0.2, -0.15) is 4.31 Å². The molecule has 21 heavy (non-hydrogen) atoms. The summed E-state index contributed by atoms with van der Waals surface area (Å²) in [7, 11) is -3.54. The molecule has 0 radical (unpaired) electrons. The van der Waals surface area contributed by atoms with Crippen molar-refractivity contribution < 1.29 is 8.42 Å². The summed E-state index contributed by atoms with van der Waals surface area (Å²) >= 11 is 5.93. The third-order valence-electron chi connectivity index (χ3n) is 4.64. The van der Waals surface area contributed by atoms with E-state index in [-0.39, 0.29) is 21.8 Å². The number of nitrogens with zero attached hydrogens (tertiary/aromatic N) is 2. The van der Waals surface area contributed by atoms with E-state index in [1.54, 1.807) is 4.31 Å². The van der Waals surface area contributed by atoms with Gasteiger partial charge >= 0.3 is 0 Å². The average molecular weight is 330 g/mol. The van der Waals surface area contributed by atoms with Crippen LogP contribution in [0.2, 0.25) is 5.02 Å². The van der Waals surface area contributed by atoms with Crippen LogP contribution in [-0.2, 0) is 10.0 Å². The van der Waals surface area contributed by atoms with Crippen LogP contribution in [0.25, 0.3) is 0 Å². The Balaban J connectivity index is 1.94. The molecule has 2 fully saturated rings. The van der Waals surface area contributed by atoms with E-state index >= 15 is 0 Å². The molecule has 1 saturated heterocycles. The third kappa shape index (κ3) is 2.76. The van der Waals surface area contributed by atoms with E-state index in [1.165, 1.54) is 18.7 Å². The number of fused-ring (bicyclic) bond motifs is 1. The van der Waals surface area contributed by atoms with Crippen molar-refractivity contribution in [1.82, 2.24) is 9.29 Å². The highest BCUT2D eigenvalue weighted by molar-refractivity contribution is 7.89. The number of sulfonamides is 1. The summed E-state index contributed by atoms with van der Waals surface area (Å²) in [6, 6.07) is 1.54. The Morgan fingerprint density at radius 3 is 2.71 bits per heavy atom. The Bertz CT molecular complexity index is 633. The van der Waals surface area contributed by atoms with Crippen molar-refractivity contribution in [3.63, 3.8) is 0 Å². The Morgan fingerprint density at radius 1 is 1.24 bits per heavy atom. The largest absolute Gasteiger partial charge is 0.382 e. The fraction of sp³-hybridized carbons (Fsp3) is 0.643. The van der Waals surface area contributed by atoms with Crippen LogP contribution in [0, 0.1) is 5.92 Å². The number of pyridine rings is 1. The van der Waals surface area contributed by atoms with Gasteiger partial charge in [0.2, 0.25) is 10.0 Å². The fourth-order valence-electron chi connectivity index (χ4n) is 3.58. The molecule has 0 unspecified atom stereocenters. The summed E-state index contributed by atoms with van der Waals surface area (Å²) in [4.78, 5) is 4.03. The molecule has 116 valence electrons. The number of piperidine rings is 1. The minimum Gasteiger partial charge on any atom is -0.382 e. The Labute approximate surface area is 130 Å². The lowest BCUT2D eigenvalue weighted by Gasteiger charge is -2.43. The van der Waals surface area contributed by atoms with Crippen LogP contribution in [0.4, 0.5) is 5.82 Å². The van der Waals surface area contributed by atoms with Crippen LogP contribution >= 0.6 is 11.6 Å². The van der Waals surface area contributed by atoms with Gasteiger partial charge in [0.05, 0.1) is 5.02 Å². The zero-order valence-corrected chi connectivity index (χ0v) is 13.4. The summed E-state index contributed by atoms with van der Waals surface area (Å²) in [6.45, 7) is 0.589. The molecule has 1 aromatic heterocycles. The highest BCUT2D eigenvalue weighted by atomic mass is 35.5. The van der Waals surface area contributed by atoms with Crippen LogP contribution in [0.1, 0.15) is 38.5 Å². The molecule has 1 aliphatic carbocycles. The molecule has 2 aliphatic rings. The molecule has 5 nitrogen and oxygen atoms in total. The lowest BCUT2D eigenvalue weighted by Crippen LogP contribution is -2.49. The van der Waals surface area contributed by atoms with Gasteiger partial charge in [0, 0.05) is 18.8 Å². The molecule has 0 spiro atoms. The minimum atomic E-state index is -3.54. The first-order valence-electron chi connectivity index (χ1n) is 7.43. The predicted molar refractivity (Wildman–Crippen MR) is 82.5 cm³/mol. The quantitative estimate of drug-likeness (QED) is 0.905. The minimum absolute atomic E-state index is 0.133. The molecule has 0 aromatic carbocycles. The molecule has 2 N–H and O–H groups in total. The van der Waals surface area contributed by atoms with Gasteiger partial charge in [-0.25, -0.2) is 13.4 Å². The Kier molecular flexibility index (Phi) is 4.12. The second-order valence-corrected chi connectivity index (χ2v) is 8.21. The maximum Gasteiger partial charge on any atom is 0.244 e. The molecule has 1 saturated carbocycles. The Morgan fingerprint density at radius 2 is 1.95 bits per heavy atom. The van der Waals surface area contributed by atoms with Gasteiger partial charge < -0.3 is 5.73 Å². The molecule has 1 aliphatic heterocycles. The monoisotopic (exact) mass is 329 g/mol. The SMILES string of the molecule is Nc1ncc(S(=O)(=O)N2CCC[C@H]3CCCC[C@H]32)cc1Cl. The van der Waals surface area contributed by atoms with E-state index in [1.807, 2.05) is 0 Å². The molecule has 2 heterocycles. The van der Waals surface area contributed by atoms with Gasteiger partial charge in [0.15, 0.2) is 0 Å². The van der Waals surface area contributed by atoms with Crippen LogP contribution in [-0.4, -0.2) is 30.3 Å². The summed E-state index contributed by atoms with van der Waals surface area (Å²) in [5.41, 5.74) is 5.57. The normalized spacial score (nSPS) is 27.3. The van der Waals surface area contributed by atoms with Crippen LogP contribution in [0.3, 0.4) is 0 Å². The second-order valence-electron chi connectivity index (χ2n) is 5.91. The van der Waals surface area contributed by atoms with Crippen molar-refractivity contribution in [2.45, 2.75) is 49.5 Å². The number of nitrogen functional groups attached to an aromatic ring is 1. The van der Waals surface area contributed by atoms with E-state index in [9.17, 15) is 8.42 Å². The first-order valence-corrected chi connectivity index (χ1v) is 9.25. The molecule has 0 bridgehead atoms. The van der Waals surface area contributed by atoms with Crippen molar-refractivity contribution in [2.24, 2.45) is 5.92 Å². The lowest BCUT2D eigenvalue weighted by molar-refractivity contribution is 0.129. The molecule has 3 rings (SSSR count). The number of anilines is 1. The first kappa shape index (κ1) is 15.1. The molecule has 2 atom stereocenters. The highest BCUT2D eigenvalue weighted by Gasteiger charge is 2.40. The van der Waals surface area contributed by atoms with E-state index in [2.05, 4.69) is 4.98 Å². The molecule has 0 amide bonds. The van der Waals surface area contributed by atoms with Gasteiger partial charge in [-0.15, -0.1) is 0 Å². The first-order chi connectivity index (χ1) is 10.00. The topological polar surface area (TPSA) is 76.3 Å². The van der Waals surface area contributed by atoms with Crippen LogP contribution in [0.5, 0.6) is 0 Å². The second kappa shape index (κ2) is 5.74. The van der Waals surface area contributed by atoms with E-state index in [4.69, 9.17) is 17.3 Å². The average Bonchev–Trinajstić information content (AvgIpc) is 2.49. The summed E-state index contributed by atoms with van der Waals surface area (Å²) < 4.78 is 27.5. The number of rotatable bonds is 2. The zero-order chi connectivity index (χ0) is 15.0. The Hall–Kier alpha value is -0.850. The van der Waals surface area contributed by atoms with E-state index < -0.39 is 10.0 Å². The van der Waals surface area contributed by atoms with Crippen LogP contribution < -0.4 is 5.73 Å².